The molecular formula is C26H24F2N6O4. The first-order chi connectivity index (χ1) is 18.1. The van der Waals surface area contributed by atoms with E-state index in [-0.39, 0.29) is 42.4 Å². The van der Waals surface area contributed by atoms with Crippen molar-refractivity contribution in [2.45, 2.75) is 38.3 Å². The van der Waals surface area contributed by atoms with Gasteiger partial charge in [-0.05, 0) is 43.7 Å². The summed E-state index contributed by atoms with van der Waals surface area (Å²) in [5.41, 5.74) is 0.998. The Morgan fingerprint density at radius 1 is 1.24 bits per heavy atom. The molecule has 12 heteroatoms. The topological polar surface area (TPSA) is 140 Å². The lowest BCUT2D eigenvalue weighted by Gasteiger charge is -2.34. The molecular weight excluding hydrogens is 498 g/mol. The van der Waals surface area contributed by atoms with Gasteiger partial charge in [0.15, 0.2) is 0 Å². The van der Waals surface area contributed by atoms with Gasteiger partial charge in [-0.15, -0.1) is 0 Å². The first-order valence-electron chi connectivity index (χ1n) is 11.8. The van der Waals surface area contributed by atoms with E-state index in [0.717, 1.165) is 0 Å². The predicted molar refractivity (Wildman–Crippen MR) is 133 cm³/mol. The second-order valence-corrected chi connectivity index (χ2v) is 8.85. The minimum absolute atomic E-state index is 0.0433. The number of fused-ring (bicyclic) bond motifs is 1. The van der Waals surface area contributed by atoms with Crippen LogP contribution >= 0.6 is 0 Å². The maximum Gasteiger partial charge on any atom is 0.404 e. The number of carbonyl (C=O) groups excluding carboxylic acids is 2. The van der Waals surface area contributed by atoms with Crippen LogP contribution in [0.4, 0.5) is 25.0 Å². The number of hydrogen-bond acceptors (Lipinski definition) is 5. The Bertz CT molecular complexity index is 1410. The predicted octanol–water partition coefficient (Wildman–Crippen LogP) is 4.20. The zero-order chi connectivity index (χ0) is 27.4. The first-order valence-corrected chi connectivity index (χ1v) is 11.8. The maximum atomic E-state index is 14.6. The number of carbonyl (C=O) groups is 3. The monoisotopic (exact) mass is 522 g/mol. The fraction of sp³-hybridized carbons (Fsp3) is 0.269. The number of nitrogens with one attached hydrogen (secondary N) is 2. The summed E-state index contributed by atoms with van der Waals surface area (Å²) in [6.07, 6.45) is -0.553. The number of rotatable bonds is 8. The smallest absolute Gasteiger partial charge is 0.404 e. The SMILES string of the molecule is C[C@H]1Cn2ncc(C(=O)Nc3cccc(C#N)c3)c2C(=O)N1c1ccc(C(F)(F)CCCNC(=O)O)cc1. The molecule has 0 saturated heterocycles. The van der Waals surface area contributed by atoms with E-state index in [1.807, 2.05) is 6.07 Å². The highest BCUT2D eigenvalue weighted by atomic mass is 19.3. The van der Waals surface area contributed by atoms with Crippen LogP contribution in [0.1, 0.15) is 51.7 Å². The number of benzene rings is 2. The molecule has 2 heterocycles. The van der Waals surface area contributed by atoms with Crippen molar-refractivity contribution in [3.05, 3.63) is 77.1 Å². The van der Waals surface area contributed by atoms with E-state index >= 15 is 0 Å². The lowest BCUT2D eigenvalue weighted by Crippen LogP contribution is -2.47. The highest BCUT2D eigenvalue weighted by molar-refractivity contribution is 6.15. The quantitative estimate of drug-likeness (QED) is 0.379. The first kappa shape index (κ1) is 26.3. The van der Waals surface area contributed by atoms with Crippen molar-refractivity contribution in [2.24, 2.45) is 0 Å². The van der Waals surface area contributed by atoms with Crippen molar-refractivity contribution in [3.8, 4) is 6.07 Å². The lowest BCUT2D eigenvalue weighted by molar-refractivity contribution is -0.0150. The molecule has 4 rings (SSSR count). The Morgan fingerprint density at radius 3 is 2.66 bits per heavy atom. The maximum absolute atomic E-state index is 14.6. The van der Waals surface area contributed by atoms with E-state index in [9.17, 15) is 23.2 Å². The van der Waals surface area contributed by atoms with E-state index in [2.05, 4.69) is 15.7 Å². The van der Waals surface area contributed by atoms with Crippen LogP contribution in [0.3, 0.4) is 0 Å². The van der Waals surface area contributed by atoms with Crippen LogP contribution in [0.2, 0.25) is 0 Å². The fourth-order valence-corrected chi connectivity index (χ4v) is 4.31. The molecule has 0 unspecified atom stereocenters. The number of amides is 3. The summed E-state index contributed by atoms with van der Waals surface area (Å²) in [4.78, 5) is 38.4. The summed E-state index contributed by atoms with van der Waals surface area (Å²) >= 11 is 0. The van der Waals surface area contributed by atoms with Gasteiger partial charge in [0.25, 0.3) is 17.7 Å². The van der Waals surface area contributed by atoms with Crippen molar-refractivity contribution in [3.63, 3.8) is 0 Å². The zero-order valence-electron chi connectivity index (χ0n) is 20.3. The molecule has 0 fully saturated rings. The van der Waals surface area contributed by atoms with Gasteiger partial charge in [-0.1, -0.05) is 18.2 Å². The highest BCUT2D eigenvalue weighted by Crippen LogP contribution is 2.35. The molecule has 10 nitrogen and oxygen atoms in total. The number of hydrogen-bond donors (Lipinski definition) is 3. The number of alkyl halides is 2. The molecule has 0 radical (unpaired) electrons. The van der Waals surface area contributed by atoms with Crippen LogP contribution in [0.15, 0.2) is 54.7 Å². The van der Waals surface area contributed by atoms with E-state index in [1.54, 1.807) is 25.1 Å². The van der Waals surface area contributed by atoms with Crippen molar-refractivity contribution < 1.29 is 28.3 Å². The average Bonchev–Trinajstić information content (AvgIpc) is 3.31. The third-order valence-electron chi connectivity index (χ3n) is 6.14. The van der Waals surface area contributed by atoms with Gasteiger partial charge in [-0.25, -0.2) is 13.6 Å². The molecule has 2 aromatic carbocycles. The minimum Gasteiger partial charge on any atom is -0.465 e. The van der Waals surface area contributed by atoms with Crippen LogP contribution in [0.25, 0.3) is 0 Å². The molecule has 1 aromatic heterocycles. The second kappa shape index (κ2) is 10.7. The number of anilines is 2. The van der Waals surface area contributed by atoms with Gasteiger partial charge in [-0.3, -0.25) is 14.3 Å². The van der Waals surface area contributed by atoms with Crippen LogP contribution in [-0.2, 0) is 12.5 Å². The van der Waals surface area contributed by atoms with Crippen molar-refractivity contribution in [1.82, 2.24) is 15.1 Å². The molecule has 1 aliphatic rings. The summed E-state index contributed by atoms with van der Waals surface area (Å²) < 4.78 is 30.6. The van der Waals surface area contributed by atoms with E-state index < -0.39 is 30.3 Å². The molecule has 3 amide bonds. The number of aromatic nitrogens is 2. The van der Waals surface area contributed by atoms with E-state index in [0.29, 0.717) is 16.9 Å². The zero-order valence-corrected chi connectivity index (χ0v) is 20.3. The Kier molecular flexibility index (Phi) is 7.38. The lowest BCUT2D eigenvalue weighted by atomic mass is 10.0. The molecule has 38 heavy (non-hydrogen) atoms. The number of nitriles is 1. The van der Waals surface area contributed by atoms with E-state index in [4.69, 9.17) is 10.4 Å². The van der Waals surface area contributed by atoms with Gasteiger partial charge in [0.05, 0.1) is 36.0 Å². The highest BCUT2D eigenvalue weighted by Gasteiger charge is 2.36. The van der Waals surface area contributed by atoms with Gasteiger partial charge in [0, 0.05) is 29.9 Å². The molecule has 196 valence electrons. The number of halogens is 2. The minimum atomic E-state index is -3.18. The summed E-state index contributed by atoms with van der Waals surface area (Å²) in [5.74, 6) is -4.25. The van der Waals surface area contributed by atoms with Crippen LogP contribution < -0.4 is 15.5 Å². The van der Waals surface area contributed by atoms with Crippen LogP contribution in [-0.4, -0.2) is 45.4 Å². The van der Waals surface area contributed by atoms with Crippen molar-refractivity contribution in [1.29, 1.82) is 5.26 Å². The standard InChI is InChI=1S/C26H24F2N6O4/c1-16-15-33-22(21(14-31-33)23(35)32-19-5-2-4-17(12-19)13-29)24(36)34(16)20-8-6-18(7-9-20)26(27,28)10-3-11-30-25(37)38/h2,4-9,12,14,16,30H,3,10-11,15H2,1H3,(H,32,35)(H,37,38)/t16-/m0/s1. The van der Waals surface area contributed by atoms with Crippen molar-refractivity contribution >= 4 is 29.3 Å². The Hall–Kier alpha value is -4.79. The molecule has 0 aliphatic carbocycles. The largest absolute Gasteiger partial charge is 0.465 e. The fourth-order valence-electron chi connectivity index (χ4n) is 4.31. The molecule has 0 bridgehead atoms. The van der Waals surface area contributed by atoms with Crippen LogP contribution in [0.5, 0.6) is 0 Å². The summed E-state index contributed by atoms with van der Waals surface area (Å²) in [7, 11) is 0. The summed E-state index contributed by atoms with van der Waals surface area (Å²) in [5, 5.41) is 26.6. The van der Waals surface area contributed by atoms with Gasteiger partial charge in [0.2, 0.25) is 0 Å². The number of carboxylic acid groups (broad SMARTS) is 1. The van der Waals surface area contributed by atoms with Gasteiger partial charge in [0.1, 0.15) is 5.69 Å². The third kappa shape index (κ3) is 5.46. The summed E-state index contributed by atoms with van der Waals surface area (Å²) in [6, 6.07) is 13.3. The Labute approximate surface area is 216 Å². The van der Waals surface area contributed by atoms with E-state index in [1.165, 1.54) is 46.1 Å². The van der Waals surface area contributed by atoms with Crippen molar-refractivity contribution in [2.75, 3.05) is 16.8 Å². The van der Waals surface area contributed by atoms with Gasteiger partial charge >= 0.3 is 6.09 Å². The second-order valence-electron chi connectivity index (χ2n) is 8.85. The molecule has 3 aromatic rings. The van der Waals surface area contributed by atoms with Gasteiger partial charge in [-0.2, -0.15) is 10.4 Å². The number of nitrogens with zero attached hydrogens (tertiary/aromatic N) is 4. The third-order valence-corrected chi connectivity index (χ3v) is 6.14. The Morgan fingerprint density at radius 2 is 1.97 bits per heavy atom. The van der Waals surface area contributed by atoms with Gasteiger partial charge < -0.3 is 20.6 Å². The molecule has 0 saturated carbocycles. The molecule has 0 spiro atoms. The van der Waals surface area contributed by atoms with Crippen LogP contribution in [0, 0.1) is 11.3 Å². The molecule has 1 aliphatic heterocycles. The molecule has 3 N–H and O–H groups in total. The normalized spacial score (nSPS) is 14.9. The molecule has 1 atom stereocenters. The Balaban J connectivity index is 1.52. The average molecular weight is 523 g/mol. The summed E-state index contributed by atoms with van der Waals surface area (Å²) in [6.45, 7) is 1.98.